The van der Waals surface area contributed by atoms with Crippen molar-refractivity contribution in [2.75, 3.05) is 38.8 Å². The van der Waals surface area contributed by atoms with Crippen LogP contribution in [0.1, 0.15) is 57.1 Å². The molecule has 1 N–H and O–H groups in total. The first kappa shape index (κ1) is 35.3. The number of aliphatic hydroxyl groups excluding tert-OH is 1. The fourth-order valence-corrected chi connectivity index (χ4v) is 7.84. The molecule has 2 aromatic rings. The van der Waals surface area contributed by atoms with E-state index in [2.05, 4.69) is 0 Å². The Kier molecular flexibility index (Phi) is 10.7. The lowest BCUT2D eigenvalue weighted by Gasteiger charge is -2.36. The number of allylic oxidation sites excluding steroid dienone is 1. The summed E-state index contributed by atoms with van der Waals surface area (Å²) in [4.78, 5) is 62.1. The summed E-state index contributed by atoms with van der Waals surface area (Å²) in [5.74, 6) is -2.67. The molecule has 0 saturated carbocycles. The van der Waals surface area contributed by atoms with Gasteiger partial charge in [-0.15, -0.1) is 0 Å². The molecule has 5 bridgehead atoms. The lowest BCUT2D eigenvalue weighted by atomic mass is 9.74. The zero-order valence-corrected chi connectivity index (χ0v) is 29.0. The molecule has 4 heterocycles. The zero-order chi connectivity index (χ0) is 35.4. The van der Waals surface area contributed by atoms with Crippen molar-refractivity contribution in [3.8, 4) is 5.75 Å². The van der Waals surface area contributed by atoms with Crippen molar-refractivity contribution in [1.29, 1.82) is 0 Å². The van der Waals surface area contributed by atoms with Gasteiger partial charge in [-0.1, -0.05) is 67.5 Å². The highest BCUT2D eigenvalue weighted by Gasteiger charge is 2.73. The molecule has 11 heteroatoms. The SMILES string of the molecule is COc1ccc(N2C/C=C\CCC(=O)N(C)[C@@H](C)[C@H](c3ccccc3)OC(=O)[C@@H]3[C@H]4C(=O)N(CCCCCCO)[C@H](C2=O)[C@]42C=C[C@H]3O2)cc1. The number of anilines is 1. The lowest BCUT2D eigenvalue weighted by Crippen LogP contribution is -2.56. The molecule has 1 spiro atoms. The molecule has 3 amide bonds. The lowest BCUT2D eigenvalue weighted by molar-refractivity contribution is -0.164. The molecular weight excluding hydrogens is 638 g/mol. The summed E-state index contributed by atoms with van der Waals surface area (Å²) >= 11 is 0. The van der Waals surface area contributed by atoms with E-state index in [1.54, 1.807) is 65.3 Å². The highest BCUT2D eigenvalue weighted by molar-refractivity contribution is 6.05. The molecule has 2 aromatic carbocycles. The van der Waals surface area contributed by atoms with E-state index in [0.717, 1.165) is 18.4 Å². The van der Waals surface area contributed by atoms with Crippen LogP contribution in [0.3, 0.4) is 0 Å². The van der Waals surface area contributed by atoms with Crippen molar-refractivity contribution in [3.05, 3.63) is 84.5 Å². The number of cyclic esters (lactones) is 1. The maximum atomic E-state index is 15.0. The number of carbonyl (C=O) groups is 4. The first-order valence-electron chi connectivity index (χ1n) is 17.6. The Balaban J connectivity index is 1.42. The van der Waals surface area contributed by atoms with Gasteiger partial charge in [0.2, 0.25) is 11.8 Å². The molecule has 4 aliphatic heterocycles. The number of esters is 1. The van der Waals surface area contributed by atoms with E-state index in [1.807, 2.05) is 49.4 Å². The third-order valence-electron chi connectivity index (χ3n) is 10.6. The molecule has 0 radical (unpaired) electrons. The van der Waals surface area contributed by atoms with Crippen molar-refractivity contribution in [2.24, 2.45) is 11.8 Å². The Morgan fingerprint density at radius 2 is 1.68 bits per heavy atom. The monoisotopic (exact) mass is 685 g/mol. The Bertz CT molecular complexity index is 1610. The maximum Gasteiger partial charge on any atom is 0.313 e. The molecule has 7 atom stereocenters. The number of nitrogens with zero attached hydrogens (tertiary/aromatic N) is 3. The summed E-state index contributed by atoms with van der Waals surface area (Å²) in [6.07, 6.45) is 9.30. The average Bonchev–Trinajstić information content (AvgIpc) is 3.78. The smallest absolute Gasteiger partial charge is 0.313 e. The van der Waals surface area contributed by atoms with Crippen LogP contribution in [0.15, 0.2) is 78.9 Å². The second-order valence-electron chi connectivity index (χ2n) is 13.5. The fourth-order valence-electron chi connectivity index (χ4n) is 7.84. The Morgan fingerprint density at radius 1 is 0.940 bits per heavy atom. The minimum absolute atomic E-state index is 0.0929. The number of likely N-dealkylation sites (tertiary alicyclic amines) is 1. The molecule has 0 unspecified atom stereocenters. The van der Waals surface area contributed by atoms with Gasteiger partial charge in [-0.05, 0) is 56.0 Å². The number of amides is 3. The summed E-state index contributed by atoms with van der Waals surface area (Å²) < 4.78 is 18.3. The van der Waals surface area contributed by atoms with Gasteiger partial charge in [0.1, 0.15) is 29.4 Å². The van der Waals surface area contributed by atoms with Crippen LogP contribution in [0.2, 0.25) is 0 Å². The van der Waals surface area contributed by atoms with Gasteiger partial charge >= 0.3 is 5.97 Å². The summed E-state index contributed by atoms with van der Waals surface area (Å²) in [6, 6.07) is 14.9. The summed E-state index contributed by atoms with van der Waals surface area (Å²) in [5, 5.41) is 9.29. The van der Waals surface area contributed by atoms with Crippen molar-refractivity contribution in [3.63, 3.8) is 0 Å². The van der Waals surface area contributed by atoms with Crippen LogP contribution in [-0.2, 0) is 28.7 Å². The summed E-state index contributed by atoms with van der Waals surface area (Å²) in [6.45, 7) is 2.43. The van der Waals surface area contributed by atoms with E-state index < -0.39 is 47.7 Å². The molecule has 50 heavy (non-hydrogen) atoms. The number of hydrogen-bond acceptors (Lipinski definition) is 8. The van der Waals surface area contributed by atoms with Crippen LogP contribution in [-0.4, -0.2) is 96.2 Å². The summed E-state index contributed by atoms with van der Waals surface area (Å²) in [7, 11) is 3.28. The van der Waals surface area contributed by atoms with Gasteiger partial charge in [0.15, 0.2) is 0 Å². The van der Waals surface area contributed by atoms with Gasteiger partial charge in [0.25, 0.3) is 5.91 Å². The van der Waals surface area contributed by atoms with E-state index in [9.17, 15) is 24.3 Å². The third-order valence-corrected chi connectivity index (χ3v) is 10.6. The molecule has 2 saturated heterocycles. The van der Waals surface area contributed by atoms with Crippen molar-refractivity contribution >= 4 is 29.4 Å². The van der Waals surface area contributed by atoms with E-state index in [4.69, 9.17) is 14.2 Å². The number of unbranched alkanes of at least 4 members (excludes halogenated alkanes) is 3. The molecule has 0 aliphatic carbocycles. The normalized spacial score (nSPS) is 30.5. The largest absolute Gasteiger partial charge is 0.497 e. The predicted octanol–water partition coefficient (Wildman–Crippen LogP) is 4.21. The van der Waals surface area contributed by atoms with Crippen LogP contribution >= 0.6 is 0 Å². The standard InChI is InChI=1S/C39H47N3O8/c1-26-34(27-14-8-6-9-15-27)49-38(47)32-30-21-22-39(50-30)33(32)36(45)42(24-11-4-5-13-25-43)35(39)37(46)41(28-17-19-29(48-3)20-18-28)23-12-7-10-16-31(44)40(26)2/h6-9,12,14-15,17-22,26,30,32-35,43H,4-5,10-11,13,16,23-25H2,1-3H3/b12-7-/t26-,30+,32-,33-,34+,35+,39-/m0/s1. The fraction of sp³-hybridized carbons (Fsp3) is 0.487. The number of aliphatic hydroxyl groups is 1. The molecule has 266 valence electrons. The van der Waals surface area contributed by atoms with Crippen LogP contribution < -0.4 is 9.64 Å². The van der Waals surface area contributed by atoms with Gasteiger partial charge in [0.05, 0.1) is 25.2 Å². The van der Waals surface area contributed by atoms with E-state index >= 15 is 0 Å². The van der Waals surface area contributed by atoms with Crippen LogP contribution in [0.4, 0.5) is 5.69 Å². The number of fused-ring (bicyclic) bond motifs is 2. The van der Waals surface area contributed by atoms with Crippen LogP contribution in [0.5, 0.6) is 5.75 Å². The number of carbonyl (C=O) groups excluding carboxylic acids is 4. The molecule has 6 rings (SSSR count). The third kappa shape index (κ3) is 6.56. The number of benzene rings is 2. The number of rotatable bonds is 9. The number of ether oxygens (including phenoxy) is 3. The van der Waals surface area contributed by atoms with Gasteiger partial charge in [-0.25, -0.2) is 0 Å². The first-order valence-corrected chi connectivity index (χ1v) is 17.6. The zero-order valence-electron chi connectivity index (χ0n) is 29.0. The van der Waals surface area contributed by atoms with Gasteiger partial charge in [0, 0.05) is 38.9 Å². The highest BCUT2D eigenvalue weighted by Crippen LogP contribution is 2.56. The first-order chi connectivity index (χ1) is 24.2. The molecular formula is C39H47N3O8. The van der Waals surface area contributed by atoms with Crippen molar-refractivity contribution in [2.45, 2.75) is 75.3 Å². The maximum absolute atomic E-state index is 15.0. The van der Waals surface area contributed by atoms with Crippen molar-refractivity contribution in [1.82, 2.24) is 9.80 Å². The highest BCUT2D eigenvalue weighted by atomic mass is 16.6. The average molecular weight is 686 g/mol. The molecule has 0 aromatic heterocycles. The van der Waals surface area contributed by atoms with E-state index in [1.165, 1.54) is 0 Å². The Labute approximate surface area is 293 Å². The topological polar surface area (TPSA) is 126 Å². The number of hydrogen-bond donors (Lipinski definition) is 1. The van der Waals surface area contributed by atoms with Crippen LogP contribution in [0, 0.1) is 11.8 Å². The number of likely N-dealkylation sites (N-methyl/N-ethyl adjacent to an activating group) is 1. The van der Waals surface area contributed by atoms with Crippen molar-refractivity contribution < 1.29 is 38.5 Å². The van der Waals surface area contributed by atoms with E-state index in [-0.39, 0.29) is 37.3 Å². The minimum atomic E-state index is -1.36. The second-order valence-corrected chi connectivity index (χ2v) is 13.5. The number of methoxy groups -OCH3 is 1. The van der Waals surface area contributed by atoms with Gasteiger partial charge in [-0.3, -0.25) is 19.2 Å². The van der Waals surface area contributed by atoms with Gasteiger partial charge < -0.3 is 34.0 Å². The van der Waals surface area contributed by atoms with Gasteiger partial charge in [-0.2, -0.15) is 0 Å². The summed E-state index contributed by atoms with van der Waals surface area (Å²) in [5.41, 5.74) is -0.0293. The Morgan fingerprint density at radius 3 is 2.40 bits per heavy atom. The van der Waals surface area contributed by atoms with E-state index in [0.29, 0.717) is 37.2 Å². The van der Waals surface area contributed by atoms with Crippen LogP contribution in [0.25, 0.3) is 0 Å². The molecule has 2 fully saturated rings. The predicted molar refractivity (Wildman–Crippen MR) is 186 cm³/mol. The minimum Gasteiger partial charge on any atom is -0.497 e. The molecule has 11 nitrogen and oxygen atoms in total. The second kappa shape index (κ2) is 15.2. The molecule has 4 aliphatic rings. The Hall–Kier alpha value is -4.48. The quantitative estimate of drug-likeness (QED) is 0.237.